The minimum atomic E-state index is -0.354. The third-order valence-corrected chi connectivity index (χ3v) is 2.65. The molecule has 4 nitrogen and oxygen atoms in total. The van der Waals surface area contributed by atoms with Crippen LogP contribution in [0.25, 0.3) is 0 Å². The van der Waals surface area contributed by atoms with Gasteiger partial charge in [0.15, 0.2) is 11.5 Å². The van der Waals surface area contributed by atoms with Crippen LogP contribution in [0.4, 0.5) is 4.39 Å². The molecule has 104 valence electrons. The molecule has 0 radical (unpaired) electrons. The summed E-state index contributed by atoms with van der Waals surface area (Å²) < 4.78 is 28.9. The summed E-state index contributed by atoms with van der Waals surface area (Å²) in [7, 11) is 2.92. The Kier molecular flexibility index (Phi) is 4.20. The molecule has 20 heavy (non-hydrogen) atoms. The Balaban J connectivity index is 2.43. The van der Waals surface area contributed by atoms with Gasteiger partial charge in [-0.15, -0.1) is 0 Å². The third-order valence-electron chi connectivity index (χ3n) is 2.65. The highest BCUT2D eigenvalue weighted by molar-refractivity contribution is 5.78. The molecule has 2 aromatic rings. The SMILES string of the molecule is COc1cc(C=O)cc(OC)c1Oc1ccc(F)cc1. The van der Waals surface area contributed by atoms with Gasteiger partial charge in [-0.05, 0) is 36.4 Å². The van der Waals surface area contributed by atoms with Gasteiger partial charge < -0.3 is 14.2 Å². The molecule has 0 saturated carbocycles. The number of rotatable bonds is 5. The van der Waals surface area contributed by atoms with E-state index < -0.39 is 0 Å². The highest BCUT2D eigenvalue weighted by atomic mass is 19.1. The summed E-state index contributed by atoms with van der Waals surface area (Å²) in [6, 6.07) is 8.62. The molecule has 0 fully saturated rings. The number of hydrogen-bond acceptors (Lipinski definition) is 4. The smallest absolute Gasteiger partial charge is 0.211 e. The van der Waals surface area contributed by atoms with Crippen molar-refractivity contribution in [2.45, 2.75) is 0 Å². The Morgan fingerprint density at radius 3 is 2.00 bits per heavy atom. The number of halogens is 1. The largest absolute Gasteiger partial charge is 0.493 e. The summed E-state index contributed by atoms with van der Waals surface area (Å²) in [6.07, 6.45) is 0.687. The molecule has 5 heteroatoms. The standard InChI is InChI=1S/C15H13FO4/c1-18-13-7-10(9-17)8-14(19-2)15(13)20-12-5-3-11(16)4-6-12/h3-9H,1-2H3. The molecular weight excluding hydrogens is 263 g/mol. The van der Waals surface area contributed by atoms with Gasteiger partial charge in [0.1, 0.15) is 17.9 Å². The molecule has 0 aromatic heterocycles. The van der Waals surface area contributed by atoms with Crippen molar-refractivity contribution in [1.29, 1.82) is 0 Å². The molecule has 0 N–H and O–H groups in total. The first-order chi connectivity index (χ1) is 9.67. The predicted molar refractivity (Wildman–Crippen MR) is 71.4 cm³/mol. The second kappa shape index (κ2) is 6.06. The van der Waals surface area contributed by atoms with Gasteiger partial charge in [0.05, 0.1) is 14.2 Å². The normalized spacial score (nSPS) is 9.95. The van der Waals surface area contributed by atoms with E-state index in [-0.39, 0.29) is 5.82 Å². The van der Waals surface area contributed by atoms with E-state index >= 15 is 0 Å². The van der Waals surface area contributed by atoms with E-state index in [1.807, 2.05) is 0 Å². The van der Waals surface area contributed by atoms with E-state index in [1.54, 1.807) is 0 Å². The summed E-state index contributed by atoms with van der Waals surface area (Å²) in [4.78, 5) is 10.9. The molecular formula is C15H13FO4. The van der Waals surface area contributed by atoms with Crippen LogP contribution in [0.1, 0.15) is 10.4 Å². The summed E-state index contributed by atoms with van der Waals surface area (Å²) in [5.41, 5.74) is 0.408. The van der Waals surface area contributed by atoms with Crippen LogP contribution in [0.2, 0.25) is 0 Å². The molecule has 0 aliphatic rings. The van der Waals surface area contributed by atoms with Crippen LogP contribution in [-0.4, -0.2) is 20.5 Å². The number of methoxy groups -OCH3 is 2. The Hall–Kier alpha value is -2.56. The van der Waals surface area contributed by atoms with Crippen LogP contribution < -0.4 is 14.2 Å². The minimum absolute atomic E-state index is 0.326. The molecule has 0 amide bonds. The fourth-order valence-electron chi connectivity index (χ4n) is 1.69. The number of benzene rings is 2. The number of hydrogen-bond donors (Lipinski definition) is 0. The fourth-order valence-corrected chi connectivity index (χ4v) is 1.69. The molecule has 0 aliphatic carbocycles. The molecule has 0 heterocycles. The second-order valence-electron chi connectivity index (χ2n) is 3.93. The summed E-state index contributed by atoms with van der Waals surface area (Å²) >= 11 is 0. The van der Waals surface area contributed by atoms with Gasteiger partial charge in [-0.1, -0.05) is 0 Å². The molecule has 0 spiro atoms. The zero-order valence-corrected chi connectivity index (χ0v) is 11.1. The lowest BCUT2D eigenvalue weighted by Gasteiger charge is -2.14. The van der Waals surface area contributed by atoms with Crippen molar-refractivity contribution in [2.24, 2.45) is 0 Å². The topological polar surface area (TPSA) is 44.8 Å². The number of carbonyl (C=O) groups excluding carboxylic acids is 1. The molecule has 2 rings (SSSR count). The maximum atomic E-state index is 12.9. The van der Waals surface area contributed by atoms with Gasteiger partial charge in [0.2, 0.25) is 5.75 Å². The van der Waals surface area contributed by atoms with Crippen molar-refractivity contribution in [2.75, 3.05) is 14.2 Å². The van der Waals surface area contributed by atoms with Gasteiger partial charge in [-0.3, -0.25) is 4.79 Å². The molecule has 0 aliphatic heterocycles. The fraction of sp³-hybridized carbons (Fsp3) is 0.133. The van der Waals surface area contributed by atoms with E-state index in [9.17, 15) is 9.18 Å². The second-order valence-corrected chi connectivity index (χ2v) is 3.93. The lowest BCUT2D eigenvalue weighted by atomic mass is 10.2. The van der Waals surface area contributed by atoms with Gasteiger partial charge >= 0.3 is 0 Å². The summed E-state index contributed by atoms with van der Waals surface area (Å²) in [6.45, 7) is 0. The Bertz CT molecular complexity index is 583. The third kappa shape index (κ3) is 2.88. The Morgan fingerprint density at radius 2 is 1.55 bits per heavy atom. The quantitative estimate of drug-likeness (QED) is 0.785. The van der Waals surface area contributed by atoms with Crippen molar-refractivity contribution in [3.05, 3.63) is 47.8 Å². The highest BCUT2D eigenvalue weighted by Gasteiger charge is 2.15. The number of carbonyl (C=O) groups is 1. The van der Waals surface area contributed by atoms with Crippen molar-refractivity contribution in [3.8, 4) is 23.0 Å². The van der Waals surface area contributed by atoms with Crippen LogP contribution in [0.15, 0.2) is 36.4 Å². The molecule has 2 aromatic carbocycles. The first-order valence-corrected chi connectivity index (χ1v) is 5.82. The van der Waals surface area contributed by atoms with Crippen LogP contribution in [0.5, 0.6) is 23.0 Å². The average Bonchev–Trinajstić information content (AvgIpc) is 2.49. The Labute approximate surface area is 115 Å². The maximum absolute atomic E-state index is 12.9. The number of ether oxygens (including phenoxy) is 3. The van der Waals surface area contributed by atoms with E-state index in [4.69, 9.17) is 14.2 Å². The van der Waals surface area contributed by atoms with Crippen LogP contribution in [0.3, 0.4) is 0 Å². The van der Waals surface area contributed by atoms with Crippen molar-refractivity contribution >= 4 is 6.29 Å². The predicted octanol–water partition coefficient (Wildman–Crippen LogP) is 3.45. The van der Waals surface area contributed by atoms with E-state index in [2.05, 4.69) is 0 Å². The zero-order valence-electron chi connectivity index (χ0n) is 11.1. The lowest BCUT2D eigenvalue weighted by molar-refractivity contribution is 0.112. The first kappa shape index (κ1) is 13.9. The maximum Gasteiger partial charge on any atom is 0.211 e. The lowest BCUT2D eigenvalue weighted by Crippen LogP contribution is -1.96. The molecule has 0 bridgehead atoms. The van der Waals surface area contributed by atoms with Gasteiger partial charge in [-0.25, -0.2) is 4.39 Å². The van der Waals surface area contributed by atoms with Gasteiger partial charge in [0.25, 0.3) is 0 Å². The van der Waals surface area contributed by atoms with E-state index in [0.717, 1.165) is 0 Å². The molecule has 0 unspecified atom stereocenters. The van der Waals surface area contributed by atoms with Crippen LogP contribution in [-0.2, 0) is 0 Å². The van der Waals surface area contributed by atoms with E-state index in [0.29, 0.717) is 34.8 Å². The van der Waals surface area contributed by atoms with Crippen LogP contribution in [0, 0.1) is 5.82 Å². The molecule has 0 atom stereocenters. The average molecular weight is 276 g/mol. The monoisotopic (exact) mass is 276 g/mol. The van der Waals surface area contributed by atoms with Crippen molar-refractivity contribution in [3.63, 3.8) is 0 Å². The highest BCUT2D eigenvalue weighted by Crippen LogP contribution is 2.41. The van der Waals surface area contributed by atoms with Gasteiger partial charge in [-0.2, -0.15) is 0 Å². The zero-order chi connectivity index (χ0) is 14.5. The van der Waals surface area contributed by atoms with E-state index in [1.165, 1.54) is 50.6 Å². The molecule has 0 saturated heterocycles. The Morgan fingerprint density at radius 1 is 1.00 bits per heavy atom. The summed E-state index contributed by atoms with van der Waals surface area (Å²) in [5, 5.41) is 0. The van der Waals surface area contributed by atoms with Crippen molar-refractivity contribution in [1.82, 2.24) is 0 Å². The van der Waals surface area contributed by atoms with Crippen LogP contribution >= 0.6 is 0 Å². The van der Waals surface area contributed by atoms with Gasteiger partial charge in [0, 0.05) is 5.56 Å². The van der Waals surface area contributed by atoms with Crippen molar-refractivity contribution < 1.29 is 23.4 Å². The number of aldehydes is 1. The minimum Gasteiger partial charge on any atom is -0.493 e. The first-order valence-electron chi connectivity index (χ1n) is 5.82. The summed E-state index contributed by atoms with van der Waals surface area (Å²) in [5.74, 6) is 1.12.